The lowest BCUT2D eigenvalue weighted by molar-refractivity contribution is 1.76. The summed E-state index contributed by atoms with van der Waals surface area (Å²) in [6.45, 7) is 3.53. The van der Waals surface area contributed by atoms with Crippen molar-refractivity contribution in [1.82, 2.24) is 0 Å². The molecule has 2 heteroatoms. The van der Waals surface area contributed by atoms with E-state index >= 15 is 0 Å². The van der Waals surface area contributed by atoms with Gasteiger partial charge in [0.2, 0.25) is 0 Å². The molecule has 0 nitrogen and oxygen atoms in total. The molecule has 1 radical (unpaired) electrons. The van der Waals surface area contributed by atoms with Crippen molar-refractivity contribution in [2.75, 3.05) is 0 Å². The lowest BCUT2D eigenvalue weighted by Gasteiger charge is -1.63. The van der Waals surface area contributed by atoms with Crippen LogP contribution in [0.4, 0.5) is 0 Å². The Morgan fingerprint density at radius 2 is 2.25 bits per heavy atom. The Hall–Kier alpha value is 0.507. The second-order valence-corrected chi connectivity index (χ2v) is 2.76. The van der Waals surface area contributed by atoms with Gasteiger partial charge in [0, 0.05) is 0 Å². The van der Waals surface area contributed by atoms with Gasteiger partial charge in [0.15, 0.2) is 0 Å². The first kappa shape index (κ1) is 4.51. The van der Waals surface area contributed by atoms with Gasteiger partial charge in [0.25, 0.3) is 0 Å². The van der Waals surface area contributed by atoms with Crippen molar-refractivity contribution in [3.05, 3.63) is 6.92 Å². The number of hydrogen-bond acceptors (Lipinski definition) is 0. The fourth-order valence-electron chi connectivity index (χ4n) is 0. The molecule has 0 saturated carbocycles. The summed E-state index contributed by atoms with van der Waals surface area (Å²) in [5, 5.41) is 0. The third-order valence-corrected chi connectivity index (χ3v) is 1.20. The fraction of sp³-hybridized carbons (Fsp3) is 0.500. The van der Waals surface area contributed by atoms with Crippen LogP contribution in [0.15, 0.2) is 0 Å². The average Bonchev–Trinajstić information content (AvgIpc) is 1.37. The van der Waals surface area contributed by atoms with Crippen molar-refractivity contribution < 1.29 is 0 Å². The van der Waals surface area contributed by atoms with E-state index in [2.05, 4.69) is 6.92 Å². The van der Waals surface area contributed by atoms with E-state index in [4.69, 9.17) is 11.1 Å². The second-order valence-electron chi connectivity index (χ2n) is 0.543. The third-order valence-electron chi connectivity index (χ3n) is 0.134. The van der Waals surface area contributed by atoms with Gasteiger partial charge in [-0.1, -0.05) is 6.92 Å². The van der Waals surface area contributed by atoms with Crippen molar-refractivity contribution in [3.8, 4) is 0 Å². The summed E-state index contributed by atoms with van der Waals surface area (Å²) in [6, 6.07) is 0.974. The molecular weight excluding hydrogens is 87.6 g/mol. The van der Waals surface area contributed by atoms with Crippen LogP contribution in [0, 0.1) is 6.92 Å². The van der Waals surface area contributed by atoms with Gasteiger partial charge >= 0.3 is 0 Å². The Labute approximate surface area is 33.7 Å². The molecule has 0 spiro atoms. The molecule has 0 aromatic rings. The molecule has 25 valence electrons. The highest BCUT2D eigenvalue weighted by molar-refractivity contribution is 6.93. The van der Waals surface area contributed by atoms with Crippen LogP contribution in [0.3, 0.4) is 0 Å². The van der Waals surface area contributed by atoms with Crippen molar-refractivity contribution in [2.24, 2.45) is 0 Å². The van der Waals surface area contributed by atoms with E-state index in [9.17, 15) is 0 Å². The zero-order chi connectivity index (χ0) is 3.41. The minimum absolute atomic E-state index is 0.215. The fourth-order valence-corrected chi connectivity index (χ4v) is 0. The molecule has 0 atom stereocenters. The van der Waals surface area contributed by atoms with Gasteiger partial charge in [0.1, 0.15) is 8.83 Å². The van der Waals surface area contributed by atoms with E-state index < -0.39 is 0 Å². The molecule has 0 heterocycles. The van der Waals surface area contributed by atoms with Crippen LogP contribution >= 0.6 is 11.1 Å². The second kappa shape index (κ2) is 3.51. The Morgan fingerprint density at radius 3 is 2.25 bits per heavy atom. The molecule has 0 aliphatic carbocycles. The van der Waals surface area contributed by atoms with Gasteiger partial charge in [-0.3, -0.25) is 0 Å². The van der Waals surface area contributed by atoms with Crippen LogP contribution in [0.5, 0.6) is 0 Å². The number of halogens is 1. The summed E-state index contributed by atoms with van der Waals surface area (Å²) < 4.78 is 0. The first-order valence-corrected chi connectivity index (χ1v) is 4.41. The van der Waals surface area contributed by atoms with Crippen LogP contribution in [0.2, 0.25) is 6.04 Å². The summed E-state index contributed by atoms with van der Waals surface area (Å²) in [4.78, 5) is 0. The molecule has 0 N–H and O–H groups in total. The Morgan fingerprint density at radius 1 is 2.00 bits per heavy atom. The highest BCUT2D eigenvalue weighted by Crippen LogP contribution is 1.72. The van der Waals surface area contributed by atoms with E-state index in [0.29, 0.717) is 0 Å². The number of rotatable bonds is 1. The molecule has 0 saturated heterocycles. The molecule has 0 rings (SSSR count). The van der Waals surface area contributed by atoms with Gasteiger partial charge in [-0.25, -0.2) is 0 Å². The smallest absolute Gasteiger partial charge is 0.125 e. The molecular formula is C2H6ClSi. The topological polar surface area (TPSA) is 0 Å². The van der Waals surface area contributed by atoms with Gasteiger partial charge < -0.3 is 0 Å². The first-order valence-electron chi connectivity index (χ1n) is 1.27. The van der Waals surface area contributed by atoms with Gasteiger partial charge in [0.05, 0.1) is 0 Å². The van der Waals surface area contributed by atoms with Crippen molar-refractivity contribution in [1.29, 1.82) is 0 Å². The molecule has 0 aromatic heterocycles. The third kappa shape index (κ3) is 2.51. The number of hydrogen-bond donors (Lipinski definition) is 0. The summed E-state index contributed by atoms with van der Waals surface area (Å²) >= 11 is 5.26. The zero-order valence-corrected chi connectivity index (χ0v) is 4.67. The normalized spacial score (nSPS) is 10.5. The quantitative estimate of drug-likeness (QED) is 0.328. The molecule has 0 aliphatic heterocycles. The summed E-state index contributed by atoms with van der Waals surface area (Å²) in [5.41, 5.74) is 0. The molecule has 0 unspecified atom stereocenters. The van der Waals surface area contributed by atoms with Crippen LogP contribution in [-0.2, 0) is 0 Å². The summed E-state index contributed by atoms with van der Waals surface area (Å²) in [6.07, 6.45) is 0. The molecule has 0 aromatic carbocycles. The SMILES string of the molecule is [CH2]C[SiH2]Cl. The summed E-state index contributed by atoms with van der Waals surface area (Å²) in [5.74, 6) is 0. The maximum atomic E-state index is 5.26. The molecule has 0 bridgehead atoms. The maximum absolute atomic E-state index is 5.26. The lowest BCUT2D eigenvalue weighted by Crippen LogP contribution is -1.62. The minimum Gasteiger partial charge on any atom is -0.176 e. The minimum atomic E-state index is -0.215. The lowest BCUT2D eigenvalue weighted by atomic mass is 11.0. The molecule has 0 fully saturated rings. The molecule has 4 heavy (non-hydrogen) atoms. The largest absolute Gasteiger partial charge is 0.176 e. The Kier molecular flexibility index (Phi) is 3.95. The maximum Gasteiger partial charge on any atom is 0.125 e. The van der Waals surface area contributed by atoms with Crippen LogP contribution in [0.1, 0.15) is 0 Å². The van der Waals surface area contributed by atoms with Gasteiger partial charge in [-0.15, -0.1) is 0 Å². The monoisotopic (exact) mass is 93.0 g/mol. The predicted octanol–water partition coefficient (Wildman–Crippen LogP) is 0.561. The van der Waals surface area contributed by atoms with Crippen molar-refractivity contribution >= 4 is 19.9 Å². The molecule has 0 amide bonds. The Balaban J connectivity index is 1.97. The first-order chi connectivity index (χ1) is 1.91. The highest BCUT2D eigenvalue weighted by atomic mass is 35.6. The van der Waals surface area contributed by atoms with E-state index in [1.807, 2.05) is 0 Å². The van der Waals surface area contributed by atoms with Crippen LogP contribution in [-0.4, -0.2) is 8.83 Å². The Bertz CT molecular complexity index is 8.00. The van der Waals surface area contributed by atoms with Crippen LogP contribution < -0.4 is 0 Å². The van der Waals surface area contributed by atoms with E-state index in [-0.39, 0.29) is 8.83 Å². The molecule has 0 aliphatic rings. The van der Waals surface area contributed by atoms with Crippen LogP contribution in [0.25, 0.3) is 0 Å². The highest BCUT2D eigenvalue weighted by Gasteiger charge is 1.62. The van der Waals surface area contributed by atoms with E-state index in [1.165, 1.54) is 0 Å². The standard InChI is InChI=1S/C2H6ClSi/c1-2-4-3/h1-2,4H2. The van der Waals surface area contributed by atoms with Gasteiger partial charge in [-0.05, 0) is 6.04 Å². The average molecular weight is 93.6 g/mol. The van der Waals surface area contributed by atoms with E-state index in [0.717, 1.165) is 6.04 Å². The van der Waals surface area contributed by atoms with Crippen molar-refractivity contribution in [3.63, 3.8) is 0 Å². The van der Waals surface area contributed by atoms with E-state index in [1.54, 1.807) is 0 Å². The summed E-state index contributed by atoms with van der Waals surface area (Å²) in [7, 11) is -0.215. The predicted molar refractivity (Wildman–Crippen MR) is 24.6 cm³/mol. The zero-order valence-electron chi connectivity index (χ0n) is 2.50. The van der Waals surface area contributed by atoms with Crippen molar-refractivity contribution in [2.45, 2.75) is 6.04 Å². The van der Waals surface area contributed by atoms with Gasteiger partial charge in [-0.2, -0.15) is 11.1 Å².